The van der Waals surface area contributed by atoms with Gasteiger partial charge >= 0.3 is 12.0 Å². The number of imidazole rings is 1. The van der Waals surface area contributed by atoms with Gasteiger partial charge in [-0.15, -0.1) is 0 Å². The standard InChI is InChI=1S/C11H16N4O4/c1-6(9-12-2-3-13-9)14-11(19)15-5-7(16)4-8(15)10(17)18/h2-3,6-8,16H,4-5H2,1H3,(H,12,13)(H,14,19)(H,17,18). The minimum Gasteiger partial charge on any atom is -0.480 e. The fourth-order valence-corrected chi connectivity index (χ4v) is 2.12. The molecular weight excluding hydrogens is 252 g/mol. The Bertz CT molecular complexity index is 461. The molecule has 2 amide bonds. The van der Waals surface area contributed by atoms with Crippen molar-refractivity contribution in [2.75, 3.05) is 6.54 Å². The minimum atomic E-state index is -1.11. The van der Waals surface area contributed by atoms with Crippen molar-refractivity contribution >= 4 is 12.0 Å². The van der Waals surface area contributed by atoms with Crippen LogP contribution in [0, 0.1) is 0 Å². The van der Waals surface area contributed by atoms with E-state index in [-0.39, 0.29) is 19.0 Å². The van der Waals surface area contributed by atoms with Gasteiger partial charge in [0.25, 0.3) is 0 Å². The second-order valence-corrected chi connectivity index (χ2v) is 4.54. The molecule has 0 aliphatic carbocycles. The number of nitrogens with zero attached hydrogens (tertiary/aromatic N) is 2. The molecule has 0 saturated carbocycles. The van der Waals surface area contributed by atoms with Gasteiger partial charge in [0.2, 0.25) is 0 Å². The third-order valence-electron chi connectivity index (χ3n) is 3.09. The zero-order valence-electron chi connectivity index (χ0n) is 10.4. The average molecular weight is 268 g/mol. The van der Waals surface area contributed by atoms with Crippen LogP contribution in [0.15, 0.2) is 12.4 Å². The van der Waals surface area contributed by atoms with Gasteiger partial charge in [0.15, 0.2) is 0 Å². The fraction of sp³-hybridized carbons (Fsp3) is 0.545. The van der Waals surface area contributed by atoms with E-state index in [1.807, 2.05) is 0 Å². The molecule has 0 spiro atoms. The average Bonchev–Trinajstić information content (AvgIpc) is 2.96. The van der Waals surface area contributed by atoms with E-state index in [0.29, 0.717) is 5.82 Å². The topological polar surface area (TPSA) is 119 Å². The first kappa shape index (κ1) is 13.3. The molecule has 0 bridgehead atoms. The highest BCUT2D eigenvalue weighted by Crippen LogP contribution is 2.19. The summed E-state index contributed by atoms with van der Waals surface area (Å²) >= 11 is 0. The molecule has 1 aliphatic heterocycles. The molecule has 8 heteroatoms. The maximum atomic E-state index is 12.0. The Hall–Kier alpha value is -2.09. The monoisotopic (exact) mass is 268 g/mol. The number of urea groups is 1. The van der Waals surface area contributed by atoms with Crippen LogP contribution in [-0.4, -0.2) is 55.8 Å². The third kappa shape index (κ3) is 2.84. The predicted molar refractivity (Wildman–Crippen MR) is 64.3 cm³/mol. The van der Waals surface area contributed by atoms with E-state index in [1.54, 1.807) is 19.3 Å². The molecule has 104 valence electrons. The van der Waals surface area contributed by atoms with Gasteiger partial charge in [0.05, 0.1) is 12.1 Å². The lowest BCUT2D eigenvalue weighted by molar-refractivity contribution is -0.141. The van der Waals surface area contributed by atoms with Crippen molar-refractivity contribution in [1.29, 1.82) is 0 Å². The minimum absolute atomic E-state index is 0.0215. The van der Waals surface area contributed by atoms with Crippen molar-refractivity contribution in [3.63, 3.8) is 0 Å². The Kier molecular flexibility index (Phi) is 3.70. The summed E-state index contributed by atoms with van der Waals surface area (Å²) in [5.74, 6) is -0.530. The smallest absolute Gasteiger partial charge is 0.326 e. The number of H-pyrrole nitrogens is 1. The Morgan fingerprint density at radius 1 is 1.63 bits per heavy atom. The van der Waals surface area contributed by atoms with Crippen LogP contribution in [0.25, 0.3) is 0 Å². The lowest BCUT2D eigenvalue weighted by Gasteiger charge is -2.23. The number of aromatic nitrogens is 2. The second-order valence-electron chi connectivity index (χ2n) is 4.54. The molecule has 0 aromatic carbocycles. The molecule has 1 saturated heterocycles. The van der Waals surface area contributed by atoms with Gasteiger partial charge in [-0.25, -0.2) is 14.6 Å². The van der Waals surface area contributed by atoms with Crippen LogP contribution in [0.1, 0.15) is 25.2 Å². The van der Waals surface area contributed by atoms with Crippen LogP contribution >= 0.6 is 0 Å². The number of likely N-dealkylation sites (tertiary alicyclic amines) is 1. The first-order chi connectivity index (χ1) is 8.99. The molecule has 19 heavy (non-hydrogen) atoms. The number of carbonyl (C=O) groups is 2. The van der Waals surface area contributed by atoms with E-state index in [9.17, 15) is 14.7 Å². The number of aromatic amines is 1. The predicted octanol–water partition coefficient (Wildman–Crippen LogP) is -0.300. The van der Waals surface area contributed by atoms with Gasteiger partial charge in [-0.3, -0.25) is 0 Å². The number of nitrogens with one attached hydrogen (secondary N) is 2. The number of carbonyl (C=O) groups excluding carboxylic acids is 1. The number of carboxylic acids is 1. The summed E-state index contributed by atoms with van der Waals surface area (Å²) in [5, 5.41) is 21.1. The SMILES string of the molecule is CC(NC(=O)N1CC(O)CC1C(=O)O)c1ncc[nH]1. The lowest BCUT2D eigenvalue weighted by atomic mass is 10.2. The van der Waals surface area contributed by atoms with Crippen LogP contribution in [0.4, 0.5) is 4.79 Å². The molecule has 8 nitrogen and oxygen atoms in total. The number of rotatable bonds is 3. The van der Waals surface area contributed by atoms with Crippen molar-refractivity contribution < 1.29 is 19.8 Å². The van der Waals surface area contributed by atoms with Crippen molar-refractivity contribution in [2.24, 2.45) is 0 Å². The van der Waals surface area contributed by atoms with Crippen LogP contribution in [0.3, 0.4) is 0 Å². The van der Waals surface area contributed by atoms with E-state index in [1.165, 1.54) is 0 Å². The molecule has 0 radical (unpaired) electrons. The summed E-state index contributed by atoms with van der Waals surface area (Å²) in [5.41, 5.74) is 0. The molecule has 4 N–H and O–H groups in total. The molecule has 1 aliphatic rings. The van der Waals surface area contributed by atoms with Gasteiger partial charge in [-0.1, -0.05) is 0 Å². The third-order valence-corrected chi connectivity index (χ3v) is 3.09. The number of aliphatic hydroxyl groups is 1. The van der Waals surface area contributed by atoms with Crippen LogP contribution in [0.2, 0.25) is 0 Å². The van der Waals surface area contributed by atoms with Crippen LogP contribution in [0.5, 0.6) is 0 Å². The van der Waals surface area contributed by atoms with E-state index in [2.05, 4.69) is 15.3 Å². The number of β-amino-alcohol motifs (C(OH)–C–C–N with tert-alkyl or cyclic N) is 1. The molecule has 3 atom stereocenters. The fourth-order valence-electron chi connectivity index (χ4n) is 2.12. The number of carboxylic acid groups (broad SMARTS) is 1. The molecular formula is C11H16N4O4. The maximum absolute atomic E-state index is 12.0. The van der Waals surface area contributed by atoms with Crippen LogP contribution in [-0.2, 0) is 4.79 Å². The maximum Gasteiger partial charge on any atom is 0.326 e. The zero-order chi connectivity index (χ0) is 14.0. The van der Waals surface area contributed by atoms with Gasteiger partial charge in [0, 0.05) is 25.4 Å². The van der Waals surface area contributed by atoms with E-state index in [4.69, 9.17) is 5.11 Å². The van der Waals surface area contributed by atoms with E-state index in [0.717, 1.165) is 4.90 Å². The highest BCUT2D eigenvalue weighted by Gasteiger charge is 2.39. The summed E-state index contributed by atoms with van der Waals surface area (Å²) < 4.78 is 0. The van der Waals surface area contributed by atoms with Gasteiger partial charge < -0.3 is 25.4 Å². The normalized spacial score (nSPS) is 24.2. The number of aliphatic hydroxyl groups excluding tert-OH is 1. The summed E-state index contributed by atoms with van der Waals surface area (Å²) in [6.07, 6.45) is 2.46. The number of hydrogen-bond donors (Lipinski definition) is 4. The molecule has 1 fully saturated rings. The molecule has 3 unspecified atom stereocenters. The number of amides is 2. The van der Waals surface area contributed by atoms with E-state index >= 15 is 0 Å². The summed E-state index contributed by atoms with van der Waals surface area (Å²) in [4.78, 5) is 31.0. The zero-order valence-corrected chi connectivity index (χ0v) is 10.4. The van der Waals surface area contributed by atoms with Crippen molar-refractivity contribution in [3.05, 3.63) is 18.2 Å². The van der Waals surface area contributed by atoms with Gasteiger partial charge in [-0.05, 0) is 6.92 Å². The highest BCUT2D eigenvalue weighted by atomic mass is 16.4. The summed E-state index contributed by atoms with van der Waals surface area (Å²) in [7, 11) is 0. The van der Waals surface area contributed by atoms with Gasteiger partial charge in [0.1, 0.15) is 11.9 Å². The Morgan fingerprint density at radius 2 is 2.37 bits per heavy atom. The van der Waals surface area contributed by atoms with E-state index < -0.39 is 24.1 Å². The largest absolute Gasteiger partial charge is 0.480 e. The summed E-state index contributed by atoms with van der Waals surface area (Å²) in [6.45, 7) is 1.76. The Morgan fingerprint density at radius 3 is 2.95 bits per heavy atom. The van der Waals surface area contributed by atoms with Crippen molar-refractivity contribution in [3.8, 4) is 0 Å². The molecule has 1 aromatic heterocycles. The molecule has 2 heterocycles. The van der Waals surface area contributed by atoms with Crippen LogP contribution < -0.4 is 5.32 Å². The molecule has 2 rings (SSSR count). The Labute approximate surface area is 109 Å². The summed E-state index contributed by atoms with van der Waals surface area (Å²) in [6, 6.07) is -1.87. The first-order valence-electron chi connectivity index (χ1n) is 5.96. The highest BCUT2D eigenvalue weighted by molar-refractivity contribution is 5.83. The van der Waals surface area contributed by atoms with Crippen molar-refractivity contribution in [2.45, 2.75) is 31.5 Å². The quantitative estimate of drug-likeness (QED) is 0.600. The lowest BCUT2D eigenvalue weighted by Crippen LogP contribution is -2.46. The molecule has 1 aromatic rings. The van der Waals surface area contributed by atoms with Crippen molar-refractivity contribution in [1.82, 2.24) is 20.2 Å². The first-order valence-corrected chi connectivity index (χ1v) is 5.96. The number of hydrogen-bond acceptors (Lipinski definition) is 4. The van der Waals surface area contributed by atoms with Gasteiger partial charge in [-0.2, -0.15) is 0 Å². The Balaban J connectivity index is 2.01. The second kappa shape index (κ2) is 5.27. The number of aliphatic carboxylic acids is 1.